The fourth-order valence-electron chi connectivity index (χ4n) is 2.98. The average molecular weight is 389 g/mol. The zero-order valence-corrected chi connectivity index (χ0v) is 15.9. The highest BCUT2D eigenvalue weighted by atomic mass is 32.1. The van der Waals surface area contributed by atoms with Gasteiger partial charge in [0.25, 0.3) is 5.91 Å². The maximum absolute atomic E-state index is 13.0. The minimum absolute atomic E-state index is 0.0703. The Bertz CT molecular complexity index is 1070. The number of amides is 1. The summed E-state index contributed by atoms with van der Waals surface area (Å²) < 4.78 is 1.80. The zero-order valence-electron chi connectivity index (χ0n) is 15.1. The van der Waals surface area contributed by atoms with Gasteiger partial charge in [0.05, 0.1) is 23.6 Å². The highest BCUT2D eigenvalue weighted by molar-refractivity contribution is 7.13. The number of hydrogen-bond acceptors (Lipinski definition) is 4. The maximum Gasteiger partial charge on any atom is 0.259 e. The van der Waals surface area contributed by atoms with Crippen molar-refractivity contribution < 1.29 is 9.90 Å². The highest BCUT2D eigenvalue weighted by Gasteiger charge is 2.19. The minimum atomic E-state index is -0.224. The lowest BCUT2D eigenvalue weighted by Crippen LogP contribution is -2.12. The van der Waals surface area contributed by atoms with E-state index in [0.717, 1.165) is 16.0 Å². The second-order valence-electron chi connectivity index (χ2n) is 6.36. The zero-order chi connectivity index (χ0) is 19.3. The van der Waals surface area contributed by atoms with Gasteiger partial charge in [0.15, 0.2) is 0 Å². The highest BCUT2D eigenvalue weighted by Crippen LogP contribution is 2.27. The van der Waals surface area contributed by atoms with Crippen LogP contribution in [0.2, 0.25) is 0 Å². The summed E-state index contributed by atoms with van der Waals surface area (Å²) in [7, 11) is 0. The van der Waals surface area contributed by atoms with Gasteiger partial charge in [-0.2, -0.15) is 5.10 Å². The van der Waals surface area contributed by atoms with E-state index in [1.807, 2.05) is 53.9 Å². The summed E-state index contributed by atoms with van der Waals surface area (Å²) in [4.78, 5) is 13.9. The Kier molecular flexibility index (Phi) is 5.32. The first kappa shape index (κ1) is 18.2. The van der Waals surface area contributed by atoms with Crippen molar-refractivity contribution in [3.05, 3.63) is 95.0 Å². The lowest BCUT2D eigenvalue weighted by molar-refractivity contribution is 0.102. The summed E-state index contributed by atoms with van der Waals surface area (Å²) in [5.74, 6) is -0.224. The van der Waals surface area contributed by atoms with Gasteiger partial charge in [-0.15, -0.1) is 11.3 Å². The number of carbonyl (C=O) groups excluding carboxylic acids is 1. The van der Waals surface area contributed by atoms with Crippen molar-refractivity contribution in [3.8, 4) is 10.6 Å². The molecule has 2 N–H and O–H groups in total. The van der Waals surface area contributed by atoms with E-state index in [1.165, 1.54) is 0 Å². The molecule has 0 atom stereocenters. The smallest absolute Gasteiger partial charge is 0.259 e. The molecule has 2 aromatic carbocycles. The number of benzene rings is 2. The Morgan fingerprint density at radius 1 is 1.04 bits per heavy atom. The summed E-state index contributed by atoms with van der Waals surface area (Å²) in [6.45, 7) is 0.520. The molecule has 0 aliphatic rings. The molecule has 5 nitrogen and oxygen atoms in total. The van der Waals surface area contributed by atoms with Gasteiger partial charge in [0.2, 0.25) is 0 Å². The number of hydrogen-bond donors (Lipinski definition) is 2. The third-order valence-corrected chi connectivity index (χ3v) is 5.19. The van der Waals surface area contributed by atoms with E-state index in [0.29, 0.717) is 23.5 Å². The van der Waals surface area contributed by atoms with Crippen molar-refractivity contribution in [1.82, 2.24) is 9.78 Å². The molecule has 1 amide bonds. The van der Waals surface area contributed by atoms with Crippen LogP contribution in [0.3, 0.4) is 0 Å². The lowest BCUT2D eigenvalue weighted by atomic mass is 10.1. The van der Waals surface area contributed by atoms with Crippen LogP contribution in [0.4, 0.5) is 5.69 Å². The Labute approximate surface area is 166 Å². The molecule has 0 aliphatic carbocycles. The van der Waals surface area contributed by atoms with Gasteiger partial charge >= 0.3 is 0 Å². The van der Waals surface area contributed by atoms with Gasteiger partial charge in [-0.05, 0) is 34.7 Å². The van der Waals surface area contributed by atoms with E-state index in [1.54, 1.807) is 40.4 Å². The van der Waals surface area contributed by atoms with Gasteiger partial charge < -0.3 is 10.4 Å². The molecule has 0 saturated carbocycles. The van der Waals surface area contributed by atoms with Crippen molar-refractivity contribution in [2.24, 2.45) is 0 Å². The van der Waals surface area contributed by atoms with Crippen molar-refractivity contribution in [3.63, 3.8) is 0 Å². The Morgan fingerprint density at radius 3 is 2.61 bits per heavy atom. The quantitative estimate of drug-likeness (QED) is 0.513. The van der Waals surface area contributed by atoms with Crippen LogP contribution in [-0.4, -0.2) is 20.8 Å². The molecular formula is C22H19N3O2S. The SMILES string of the molecule is O=C(Nc1cccc(CO)c1)c1cn(Cc2ccccc2)nc1-c1cccs1. The molecule has 0 unspecified atom stereocenters. The molecule has 28 heavy (non-hydrogen) atoms. The van der Waals surface area contributed by atoms with Crippen LogP contribution in [0, 0.1) is 0 Å². The number of nitrogens with zero attached hydrogens (tertiary/aromatic N) is 2. The minimum Gasteiger partial charge on any atom is -0.392 e. The number of thiophene rings is 1. The van der Waals surface area contributed by atoms with Crippen LogP contribution < -0.4 is 5.32 Å². The fourth-order valence-corrected chi connectivity index (χ4v) is 3.70. The Morgan fingerprint density at radius 2 is 1.86 bits per heavy atom. The first-order valence-electron chi connectivity index (χ1n) is 8.89. The van der Waals surface area contributed by atoms with Gasteiger partial charge in [-0.3, -0.25) is 9.48 Å². The molecule has 140 valence electrons. The summed E-state index contributed by atoms with van der Waals surface area (Å²) in [5.41, 5.74) is 3.69. The largest absolute Gasteiger partial charge is 0.392 e. The second-order valence-corrected chi connectivity index (χ2v) is 7.31. The van der Waals surface area contributed by atoms with Crippen LogP contribution in [0.25, 0.3) is 10.6 Å². The van der Waals surface area contributed by atoms with Crippen LogP contribution in [0.1, 0.15) is 21.5 Å². The normalized spacial score (nSPS) is 10.8. The van der Waals surface area contributed by atoms with E-state index >= 15 is 0 Å². The van der Waals surface area contributed by atoms with E-state index in [9.17, 15) is 9.90 Å². The van der Waals surface area contributed by atoms with Crippen LogP contribution in [-0.2, 0) is 13.2 Å². The van der Waals surface area contributed by atoms with Crippen molar-refractivity contribution >= 4 is 22.9 Å². The van der Waals surface area contributed by atoms with Crippen LogP contribution in [0.5, 0.6) is 0 Å². The van der Waals surface area contributed by atoms with Crippen LogP contribution in [0.15, 0.2) is 78.3 Å². The van der Waals surface area contributed by atoms with E-state index in [-0.39, 0.29) is 12.5 Å². The van der Waals surface area contributed by atoms with Gasteiger partial charge in [-0.1, -0.05) is 48.5 Å². The average Bonchev–Trinajstić information content (AvgIpc) is 3.38. The van der Waals surface area contributed by atoms with Gasteiger partial charge in [0.1, 0.15) is 5.69 Å². The Balaban J connectivity index is 1.65. The first-order chi connectivity index (χ1) is 13.7. The molecule has 2 heterocycles. The summed E-state index contributed by atoms with van der Waals surface area (Å²) in [6.07, 6.45) is 1.79. The van der Waals surface area contributed by atoms with Crippen molar-refractivity contribution in [2.75, 3.05) is 5.32 Å². The molecule has 0 saturated heterocycles. The lowest BCUT2D eigenvalue weighted by Gasteiger charge is -2.06. The number of carbonyl (C=O) groups is 1. The van der Waals surface area contributed by atoms with Gasteiger partial charge in [0, 0.05) is 11.9 Å². The van der Waals surface area contributed by atoms with Crippen molar-refractivity contribution in [1.29, 1.82) is 0 Å². The van der Waals surface area contributed by atoms with Crippen molar-refractivity contribution in [2.45, 2.75) is 13.2 Å². The Hall–Kier alpha value is -3.22. The fraction of sp³-hybridized carbons (Fsp3) is 0.0909. The maximum atomic E-state index is 13.0. The molecule has 4 rings (SSSR count). The summed E-state index contributed by atoms with van der Waals surface area (Å²) >= 11 is 1.55. The molecule has 0 radical (unpaired) electrons. The topological polar surface area (TPSA) is 67.2 Å². The summed E-state index contributed by atoms with van der Waals surface area (Å²) in [6, 6.07) is 21.1. The molecular weight excluding hydrogens is 370 g/mol. The third kappa shape index (κ3) is 4.03. The van der Waals surface area contributed by atoms with Gasteiger partial charge in [-0.25, -0.2) is 0 Å². The predicted octanol–water partition coefficient (Wildman–Crippen LogP) is 4.40. The number of rotatable bonds is 6. The number of aliphatic hydroxyl groups excluding tert-OH is 1. The molecule has 2 aromatic heterocycles. The molecule has 0 fully saturated rings. The number of nitrogens with one attached hydrogen (secondary N) is 1. The summed E-state index contributed by atoms with van der Waals surface area (Å²) in [5, 5.41) is 18.9. The molecule has 0 spiro atoms. The second kappa shape index (κ2) is 8.21. The van der Waals surface area contributed by atoms with E-state index in [2.05, 4.69) is 10.4 Å². The molecule has 0 aliphatic heterocycles. The molecule has 0 bridgehead atoms. The predicted molar refractivity (Wildman–Crippen MR) is 111 cm³/mol. The van der Waals surface area contributed by atoms with E-state index < -0.39 is 0 Å². The molecule has 4 aromatic rings. The molecule has 6 heteroatoms. The number of aromatic nitrogens is 2. The number of aliphatic hydroxyl groups is 1. The number of anilines is 1. The standard InChI is InChI=1S/C22H19N3O2S/c26-15-17-8-4-9-18(12-17)23-22(27)19-14-25(13-16-6-2-1-3-7-16)24-21(19)20-10-5-11-28-20/h1-12,14,26H,13,15H2,(H,23,27). The van der Waals surface area contributed by atoms with Crippen LogP contribution >= 0.6 is 11.3 Å². The monoisotopic (exact) mass is 389 g/mol. The first-order valence-corrected chi connectivity index (χ1v) is 9.77. The third-order valence-electron chi connectivity index (χ3n) is 4.32. The van der Waals surface area contributed by atoms with E-state index in [4.69, 9.17) is 0 Å².